The van der Waals surface area contributed by atoms with Gasteiger partial charge in [0, 0.05) is 13.1 Å². The SMILES string of the molecule is CN(CCC(O)(c1ccccc1)c1ccccc1)Cc1ccccc1.Cl. The predicted octanol–water partition coefficient (Wildman–Crippen LogP) is 4.87. The highest BCUT2D eigenvalue weighted by Crippen LogP contribution is 2.33. The standard InChI is InChI=1S/C23H25NO.ClH/c1-24(19-20-11-5-2-6-12-20)18-17-23(25,21-13-7-3-8-14-21)22-15-9-4-10-16-22;/h2-16,25H,17-19H2,1H3;1H. The molecule has 0 atom stereocenters. The molecule has 0 heterocycles. The van der Waals surface area contributed by atoms with Gasteiger partial charge in [0.1, 0.15) is 5.60 Å². The van der Waals surface area contributed by atoms with Gasteiger partial charge in [-0.05, 0) is 30.2 Å². The smallest absolute Gasteiger partial charge is 0.116 e. The summed E-state index contributed by atoms with van der Waals surface area (Å²) in [5.74, 6) is 0. The van der Waals surface area contributed by atoms with Crippen molar-refractivity contribution in [2.75, 3.05) is 13.6 Å². The Morgan fingerprint density at radius 3 is 1.62 bits per heavy atom. The number of halogens is 1. The van der Waals surface area contributed by atoms with Crippen LogP contribution in [0, 0.1) is 0 Å². The van der Waals surface area contributed by atoms with Crippen molar-refractivity contribution in [3.05, 3.63) is 108 Å². The van der Waals surface area contributed by atoms with Crippen molar-refractivity contribution >= 4 is 12.4 Å². The summed E-state index contributed by atoms with van der Waals surface area (Å²) in [6.07, 6.45) is 0.643. The lowest BCUT2D eigenvalue weighted by Gasteiger charge is -2.31. The summed E-state index contributed by atoms with van der Waals surface area (Å²) in [5, 5.41) is 11.5. The molecule has 3 aromatic rings. The minimum atomic E-state index is -0.979. The molecule has 0 saturated carbocycles. The number of nitrogens with zero attached hydrogens (tertiary/aromatic N) is 1. The highest BCUT2D eigenvalue weighted by atomic mass is 35.5. The molecule has 0 aliphatic rings. The minimum Gasteiger partial charge on any atom is -0.380 e. The van der Waals surface area contributed by atoms with Gasteiger partial charge in [0.2, 0.25) is 0 Å². The first-order chi connectivity index (χ1) is 12.2. The lowest BCUT2D eigenvalue weighted by atomic mass is 9.83. The van der Waals surface area contributed by atoms with E-state index in [2.05, 4.69) is 36.2 Å². The van der Waals surface area contributed by atoms with Crippen LogP contribution in [0.5, 0.6) is 0 Å². The Kier molecular flexibility index (Phi) is 7.40. The molecule has 0 fully saturated rings. The fraction of sp³-hybridized carbons (Fsp3) is 0.217. The molecule has 1 N–H and O–H groups in total. The average Bonchev–Trinajstić information content (AvgIpc) is 2.68. The fourth-order valence-corrected chi connectivity index (χ4v) is 3.21. The zero-order valence-electron chi connectivity index (χ0n) is 15.1. The first-order valence-corrected chi connectivity index (χ1v) is 8.74. The maximum absolute atomic E-state index is 11.5. The van der Waals surface area contributed by atoms with Gasteiger partial charge in [-0.1, -0.05) is 91.0 Å². The van der Waals surface area contributed by atoms with Gasteiger partial charge in [-0.2, -0.15) is 0 Å². The van der Waals surface area contributed by atoms with Crippen LogP contribution in [-0.4, -0.2) is 23.6 Å². The largest absolute Gasteiger partial charge is 0.380 e. The van der Waals surface area contributed by atoms with Gasteiger partial charge in [-0.15, -0.1) is 12.4 Å². The fourth-order valence-electron chi connectivity index (χ4n) is 3.21. The summed E-state index contributed by atoms with van der Waals surface area (Å²) in [7, 11) is 2.10. The van der Waals surface area contributed by atoms with Crippen molar-refractivity contribution in [3.63, 3.8) is 0 Å². The van der Waals surface area contributed by atoms with Crippen LogP contribution in [0.1, 0.15) is 23.1 Å². The van der Waals surface area contributed by atoms with E-state index in [-0.39, 0.29) is 12.4 Å². The van der Waals surface area contributed by atoms with E-state index in [0.717, 1.165) is 24.2 Å². The summed E-state index contributed by atoms with van der Waals surface area (Å²) >= 11 is 0. The van der Waals surface area contributed by atoms with Gasteiger partial charge in [0.15, 0.2) is 0 Å². The molecule has 0 aliphatic carbocycles. The zero-order valence-corrected chi connectivity index (χ0v) is 15.9. The van der Waals surface area contributed by atoms with Crippen molar-refractivity contribution in [1.29, 1.82) is 0 Å². The van der Waals surface area contributed by atoms with Gasteiger partial charge in [-0.3, -0.25) is 0 Å². The van der Waals surface area contributed by atoms with E-state index >= 15 is 0 Å². The molecule has 3 heteroatoms. The second-order valence-corrected chi connectivity index (χ2v) is 6.57. The molecule has 0 unspecified atom stereocenters. The van der Waals surface area contributed by atoms with Crippen molar-refractivity contribution in [2.24, 2.45) is 0 Å². The van der Waals surface area contributed by atoms with Crippen molar-refractivity contribution in [2.45, 2.75) is 18.6 Å². The van der Waals surface area contributed by atoms with E-state index in [4.69, 9.17) is 0 Å². The maximum Gasteiger partial charge on any atom is 0.116 e. The van der Waals surface area contributed by atoms with E-state index in [0.29, 0.717) is 6.42 Å². The summed E-state index contributed by atoms with van der Waals surface area (Å²) in [6.45, 7) is 1.68. The molecule has 0 amide bonds. The molecule has 3 rings (SSSR count). The Balaban J connectivity index is 0.00000243. The van der Waals surface area contributed by atoms with Crippen molar-refractivity contribution in [1.82, 2.24) is 4.90 Å². The Bertz CT molecular complexity index is 722. The third kappa shape index (κ3) is 4.95. The van der Waals surface area contributed by atoms with E-state index in [1.165, 1.54) is 5.56 Å². The molecule has 0 saturated heterocycles. The molecule has 0 radical (unpaired) electrons. The van der Waals surface area contributed by atoms with Gasteiger partial charge < -0.3 is 10.0 Å². The monoisotopic (exact) mass is 367 g/mol. The van der Waals surface area contributed by atoms with Gasteiger partial charge >= 0.3 is 0 Å². The van der Waals surface area contributed by atoms with E-state index in [9.17, 15) is 5.11 Å². The quantitative estimate of drug-likeness (QED) is 0.644. The summed E-state index contributed by atoms with van der Waals surface area (Å²) < 4.78 is 0. The number of benzene rings is 3. The molecule has 26 heavy (non-hydrogen) atoms. The molecule has 0 spiro atoms. The van der Waals surface area contributed by atoms with E-state index in [1.807, 2.05) is 66.7 Å². The second-order valence-electron chi connectivity index (χ2n) is 6.57. The number of aliphatic hydroxyl groups is 1. The molecular weight excluding hydrogens is 342 g/mol. The minimum absolute atomic E-state index is 0. The molecule has 136 valence electrons. The number of rotatable bonds is 7. The Morgan fingerprint density at radius 1 is 0.731 bits per heavy atom. The lowest BCUT2D eigenvalue weighted by Crippen LogP contribution is -2.32. The van der Waals surface area contributed by atoms with Gasteiger partial charge in [-0.25, -0.2) is 0 Å². The van der Waals surface area contributed by atoms with Crippen molar-refractivity contribution < 1.29 is 5.11 Å². The lowest BCUT2D eigenvalue weighted by molar-refractivity contribution is 0.0596. The topological polar surface area (TPSA) is 23.5 Å². The van der Waals surface area contributed by atoms with E-state index in [1.54, 1.807) is 0 Å². The Morgan fingerprint density at radius 2 is 1.15 bits per heavy atom. The Hall–Kier alpha value is -2.13. The molecule has 0 aliphatic heterocycles. The van der Waals surface area contributed by atoms with Crippen molar-refractivity contribution in [3.8, 4) is 0 Å². The number of hydrogen-bond acceptors (Lipinski definition) is 2. The normalized spacial score (nSPS) is 11.2. The van der Waals surface area contributed by atoms with Crippen LogP contribution in [0.15, 0.2) is 91.0 Å². The summed E-state index contributed by atoms with van der Waals surface area (Å²) in [6, 6.07) is 30.3. The molecule has 3 aromatic carbocycles. The van der Waals surface area contributed by atoms with Crippen LogP contribution in [0.25, 0.3) is 0 Å². The van der Waals surface area contributed by atoms with Gasteiger partial charge in [0.25, 0.3) is 0 Å². The van der Waals surface area contributed by atoms with E-state index < -0.39 is 5.60 Å². The third-order valence-electron chi connectivity index (χ3n) is 4.65. The highest BCUT2D eigenvalue weighted by Gasteiger charge is 2.31. The zero-order chi connectivity index (χ0) is 17.5. The Labute approximate surface area is 162 Å². The average molecular weight is 368 g/mol. The highest BCUT2D eigenvalue weighted by molar-refractivity contribution is 5.85. The summed E-state index contributed by atoms with van der Waals surface area (Å²) in [5.41, 5.74) is 2.18. The second kappa shape index (κ2) is 9.54. The van der Waals surface area contributed by atoms with Crippen LogP contribution in [0.3, 0.4) is 0 Å². The van der Waals surface area contributed by atoms with Crippen LogP contribution in [0.2, 0.25) is 0 Å². The summed E-state index contributed by atoms with van der Waals surface area (Å²) in [4.78, 5) is 2.26. The van der Waals surface area contributed by atoms with Crippen LogP contribution >= 0.6 is 12.4 Å². The van der Waals surface area contributed by atoms with Crippen LogP contribution < -0.4 is 0 Å². The molecular formula is C23H26ClNO. The third-order valence-corrected chi connectivity index (χ3v) is 4.65. The number of hydrogen-bond donors (Lipinski definition) is 1. The maximum atomic E-state index is 11.5. The molecule has 2 nitrogen and oxygen atoms in total. The predicted molar refractivity (Wildman–Crippen MR) is 111 cm³/mol. The first-order valence-electron chi connectivity index (χ1n) is 8.74. The van der Waals surface area contributed by atoms with Crippen LogP contribution in [0.4, 0.5) is 0 Å². The van der Waals surface area contributed by atoms with Gasteiger partial charge in [0.05, 0.1) is 0 Å². The first kappa shape index (κ1) is 20.2. The molecule has 0 bridgehead atoms. The van der Waals surface area contributed by atoms with Crippen LogP contribution in [-0.2, 0) is 12.1 Å². The molecule has 0 aromatic heterocycles.